The summed E-state index contributed by atoms with van der Waals surface area (Å²) in [6.07, 6.45) is 7.43. The molecule has 3 fully saturated rings. The van der Waals surface area contributed by atoms with Gasteiger partial charge in [0.1, 0.15) is 5.76 Å². The highest BCUT2D eigenvalue weighted by Gasteiger charge is 2.37. The van der Waals surface area contributed by atoms with Gasteiger partial charge in [0.15, 0.2) is 5.69 Å². The van der Waals surface area contributed by atoms with Crippen molar-refractivity contribution in [2.45, 2.75) is 75.8 Å². The van der Waals surface area contributed by atoms with E-state index in [1.54, 1.807) is 6.07 Å². The molecule has 7 nitrogen and oxygen atoms in total. The molecule has 27 heavy (non-hydrogen) atoms. The number of nitrogens with zero attached hydrogens (tertiary/aromatic N) is 2. The van der Waals surface area contributed by atoms with Gasteiger partial charge in [-0.05, 0) is 58.3 Å². The van der Waals surface area contributed by atoms with Crippen molar-refractivity contribution in [2.75, 3.05) is 13.1 Å². The average molecular weight is 374 g/mol. The molecule has 2 aliphatic carbocycles. The maximum atomic E-state index is 12.8. The summed E-state index contributed by atoms with van der Waals surface area (Å²) >= 11 is 0. The summed E-state index contributed by atoms with van der Waals surface area (Å²) in [5.74, 6) is 1.46. The SMILES string of the molecule is CC1(NC(=O)c2cc(C3CC3)on2)CCN(C(=O)C2CCC(N)CC2)CC1. The number of aromatic nitrogens is 1. The van der Waals surface area contributed by atoms with Crippen molar-refractivity contribution in [3.63, 3.8) is 0 Å². The quantitative estimate of drug-likeness (QED) is 0.841. The number of nitrogens with one attached hydrogen (secondary N) is 1. The van der Waals surface area contributed by atoms with Crippen molar-refractivity contribution >= 4 is 11.8 Å². The van der Waals surface area contributed by atoms with Crippen LogP contribution in [0.5, 0.6) is 0 Å². The fourth-order valence-electron chi connectivity index (χ4n) is 4.26. The Hall–Kier alpha value is -1.89. The van der Waals surface area contributed by atoms with Crippen LogP contribution in [-0.2, 0) is 4.79 Å². The second-order valence-corrected chi connectivity index (χ2v) is 8.84. The highest BCUT2D eigenvalue weighted by atomic mass is 16.5. The van der Waals surface area contributed by atoms with Gasteiger partial charge in [0.2, 0.25) is 5.91 Å². The molecule has 3 N–H and O–H groups in total. The number of carbonyl (C=O) groups is 2. The summed E-state index contributed by atoms with van der Waals surface area (Å²) < 4.78 is 5.28. The number of piperidine rings is 1. The lowest BCUT2D eigenvalue weighted by molar-refractivity contribution is -0.138. The van der Waals surface area contributed by atoms with Crippen LogP contribution in [0.3, 0.4) is 0 Å². The third-order valence-electron chi connectivity index (χ3n) is 6.46. The number of nitrogens with two attached hydrogens (primary N) is 1. The Labute approximate surface area is 160 Å². The normalized spacial score (nSPS) is 28.0. The van der Waals surface area contributed by atoms with Gasteiger partial charge in [-0.3, -0.25) is 9.59 Å². The van der Waals surface area contributed by atoms with Gasteiger partial charge in [0, 0.05) is 42.6 Å². The fourth-order valence-corrected chi connectivity index (χ4v) is 4.26. The van der Waals surface area contributed by atoms with E-state index in [1.165, 1.54) is 0 Å². The molecule has 7 heteroatoms. The van der Waals surface area contributed by atoms with Gasteiger partial charge in [-0.1, -0.05) is 5.16 Å². The zero-order chi connectivity index (χ0) is 19.0. The topological polar surface area (TPSA) is 101 Å². The summed E-state index contributed by atoms with van der Waals surface area (Å²) in [4.78, 5) is 27.3. The Bertz CT molecular complexity index is 696. The van der Waals surface area contributed by atoms with Gasteiger partial charge in [-0.25, -0.2) is 0 Å². The summed E-state index contributed by atoms with van der Waals surface area (Å²) in [6.45, 7) is 3.42. The summed E-state index contributed by atoms with van der Waals surface area (Å²) in [5.41, 5.74) is 5.99. The van der Waals surface area contributed by atoms with E-state index in [2.05, 4.69) is 10.5 Å². The Balaban J connectivity index is 1.29. The number of hydrogen-bond acceptors (Lipinski definition) is 5. The lowest BCUT2D eigenvalue weighted by Crippen LogP contribution is -2.55. The zero-order valence-corrected chi connectivity index (χ0v) is 16.1. The van der Waals surface area contributed by atoms with Crippen LogP contribution in [0, 0.1) is 5.92 Å². The largest absolute Gasteiger partial charge is 0.360 e. The van der Waals surface area contributed by atoms with Crippen molar-refractivity contribution in [3.05, 3.63) is 17.5 Å². The van der Waals surface area contributed by atoms with Crippen LogP contribution in [0.2, 0.25) is 0 Å². The first-order valence-electron chi connectivity index (χ1n) is 10.3. The van der Waals surface area contributed by atoms with E-state index in [1.807, 2.05) is 11.8 Å². The Morgan fingerprint density at radius 1 is 1.19 bits per heavy atom. The molecule has 1 aromatic rings. The molecule has 4 rings (SSSR count). The van der Waals surface area contributed by atoms with Gasteiger partial charge in [-0.15, -0.1) is 0 Å². The minimum atomic E-state index is -0.318. The number of amides is 2. The summed E-state index contributed by atoms with van der Waals surface area (Å²) in [7, 11) is 0. The smallest absolute Gasteiger partial charge is 0.273 e. The molecule has 2 amide bonds. The van der Waals surface area contributed by atoms with Crippen molar-refractivity contribution in [1.82, 2.24) is 15.4 Å². The Morgan fingerprint density at radius 3 is 2.48 bits per heavy atom. The second kappa shape index (κ2) is 7.26. The van der Waals surface area contributed by atoms with Gasteiger partial charge in [0.05, 0.1) is 0 Å². The van der Waals surface area contributed by atoms with E-state index >= 15 is 0 Å². The van der Waals surface area contributed by atoms with Gasteiger partial charge < -0.3 is 20.5 Å². The highest BCUT2D eigenvalue weighted by molar-refractivity contribution is 5.92. The monoisotopic (exact) mass is 374 g/mol. The van der Waals surface area contributed by atoms with Crippen molar-refractivity contribution in [3.8, 4) is 0 Å². The average Bonchev–Trinajstić information content (AvgIpc) is 3.38. The van der Waals surface area contributed by atoms with Gasteiger partial charge >= 0.3 is 0 Å². The van der Waals surface area contributed by atoms with Crippen molar-refractivity contribution < 1.29 is 14.1 Å². The minimum Gasteiger partial charge on any atom is -0.360 e. The molecule has 148 valence electrons. The van der Waals surface area contributed by atoms with E-state index in [0.717, 1.165) is 57.1 Å². The number of hydrogen-bond donors (Lipinski definition) is 2. The van der Waals surface area contributed by atoms with Crippen LogP contribution in [0.1, 0.15) is 80.5 Å². The van der Waals surface area contributed by atoms with E-state index in [0.29, 0.717) is 24.7 Å². The van der Waals surface area contributed by atoms with E-state index in [9.17, 15) is 9.59 Å². The highest BCUT2D eigenvalue weighted by Crippen LogP contribution is 2.40. The molecule has 2 heterocycles. The van der Waals surface area contributed by atoms with Crippen LogP contribution >= 0.6 is 0 Å². The molecule has 0 aromatic carbocycles. The van der Waals surface area contributed by atoms with E-state index in [4.69, 9.17) is 10.3 Å². The lowest BCUT2D eigenvalue weighted by Gasteiger charge is -2.41. The molecule has 0 atom stereocenters. The number of rotatable bonds is 4. The predicted octanol–water partition coefficient (Wildman–Crippen LogP) is 2.18. The van der Waals surface area contributed by atoms with Crippen LogP contribution in [0.15, 0.2) is 10.6 Å². The van der Waals surface area contributed by atoms with Crippen LogP contribution in [-0.4, -0.2) is 46.5 Å². The molecular weight excluding hydrogens is 344 g/mol. The molecule has 0 bridgehead atoms. The van der Waals surface area contributed by atoms with Gasteiger partial charge in [-0.2, -0.15) is 0 Å². The van der Waals surface area contributed by atoms with E-state index < -0.39 is 0 Å². The molecule has 1 aromatic heterocycles. The van der Waals surface area contributed by atoms with E-state index in [-0.39, 0.29) is 29.3 Å². The standard InChI is InChI=1S/C20H30N4O3/c1-20(22-18(25)16-12-17(27-23-16)13-2-3-13)8-10-24(11-9-20)19(26)14-4-6-15(21)7-5-14/h12-15H,2-11,21H2,1H3,(H,22,25). The first-order valence-corrected chi connectivity index (χ1v) is 10.3. The molecule has 0 unspecified atom stereocenters. The first kappa shape index (κ1) is 18.5. The molecule has 2 saturated carbocycles. The predicted molar refractivity (Wildman–Crippen MR) is 100 cm³/mol. The number of likely N-dealkylation sites (tertiary alicyclic amines) is 1. The minimum absolute atomic E-state index is 0.125. The van der Waals surface area contributed by atoms with Crippen LogP contribution < -0.4 is 11.1 Å². The Kier molecular flexibility index (Phi) is 4.97. The van der Waals surface area contributed by atoms with Crippen molar-refractivity contribution in [1.29, 1.82) is 0 Å². The lowest BCUT2D eigenvalue weighted by atomic mass is 9.84. The third-order valence-corrected chi connectivity index (χ3v) is 6.46. The van der Waals surface area contributed by atoms with Crippen LogP contribution in [0.25, 0.3) is 0 Å². The van der Waals surface area contributed by atoms with Crippen molar-refractivity contribution in [2.24, 2.45) is 11.7 Å². The van der Waals surface area contributed by atoms with Crippen LogP contribution in [0.4, 0.5) is 0 Å². The Morgan fingerprint density at radius 2 is 1.85 bits per heavy atom. The molecule has 0 radical (unpaired) electrons. The number of carbonyl (C=O) groups excluding carboxylic acids is 2. The zero-order valence-electron chi connectivity index (χ0n) is 16.1. The molecule has 0 spiro atoms. The molecule has 3 aliphatic rings. The molecular formula is C20H30N4O3. The maximum absolute atomic E-state index is 12.8. The third kappa shape index (κ3) is 4.18. The first-order chi connectivity index (χ1) is 12.9. The second-order valence-electron chi connectivity index (χ2n) is 8.84. The molecule has 1 saturated heterocycles. The summed E-state index contributed by atoms with van der Waals surface area (Å²) in [6, 6.07) is 2.02. The summed E-state index contributed by atoms with van der Waals surface area (Å²) in [5, 5.41) is 7.04. The molecule has 1 aliphatic heterocycles. The van der Waals surface area contributed by atoms with Gasteiger partial charge in [0.25, 0.3) is 5.91 Å². The fraction of sp³-hybridized carbons (Fsp3) is 0.750. The maximum Gasteiger partial charge on any atom is 0.273 e.